The van der Waals surface area contributed by atoms with Crippen LogP contribution in [0, 0.1) is 6.92 Å². The normalized spacial score (nSPS) is 10.6. The van der Waals surface area contributed by atoms with Gasteiger partial charge in [0.25, 0.3) is 0 Å². The zero-order chi connectivity index (χ0) is 13.0. The van der Waals surface area contributed by atoms with Gasteiger partial charge >= 0.3 is 0 Å². The van der Waals surface area contributed by atoms with E-state index in [0.29, 0.717) is 0 Å². The highest BCUT2D eigenvalue weighted by atomic mass is 15.1. The van der Waals surface area contributed by atoms with Gasteiger partial charge in [0.15, 0.2) is 5.82 Å². The zero-order valence-corrected chi connectivity index (χ0v) is 11.1. The summed E-state index contributed by atoms with van der Waals surface area (Å²) in [7, 11) is 0. The fourth-order valence-corrected chi connectivity index (χ4v) is 1.92. The average Bonchev–Trinajstić information content (AvgIpc) is 2.77. The fourth-order valence-electron chi connectivity index (χ4n) is 1.92. The van der Waals surface area contributed by atoms with Gasteiger partial charge in [-0.2, -0.15) is 0 Å². The molecule has 0 saturated carbocycles. The topological polar surface area (TPSA) is 55.6 Å². The lowest BCUT2D eigenvalue weighted by atomic mass is 10.3. The molecule has 0 saturated heterocycles. The number of imidazole rings is 1. The molecule has 2 aromatic heterocycles. The summed E-state index contributed by atoms with van der Waals surface area (Å²) in [5, 5.41) is 3.21. The minimum Gasteiger partial charge on any atom is -0.370 e. The summed E-state index contributed by atoms with van der Waals surface area (Å²) in [6, 6.07) is 1.95. The second-order valence-corrected chi connectivity index (χ2v) is 4.16. The summed E-state index contributed by atoms with van der Waals surface area (Å²) >= 11 is 0. The molecule has 0 bridgehead atoms. The number of hydrogen-bond acceptors (Lipinski definition) is 4. The van der Waals surface area contributed by atoms with Crippen molar-refractivity contribution in [1.29, 1.82) is 0 Å². The van der Waals surface area contributed by atoms with Crippen LogP contribution in [0.15, 0.2) is 18.5 Å². The third-order valence-electron chi connectivity index (χ3n) is 2.60. The fraction of sp³-hybridized carbons (Fsp3) is 0.462. The number of nitrogens with one attached hydrogen (secondary N) is 1. The Labute approximate surface area is 107 Å². The van der Waals surface area contributed by atoms with Crippen molar-refractivity contribution in [1.82, 2.24) is 19.5 Å². The van der Waals surface area contributed by atoms with Crippen LogP contribution in [0.5, 0.6) is 0 Å². The molecule has 2 aromatic rings. The van der Waals surface area contributed by atoms with E-state index in [1.807, 2.05) is 25.4 Å². The van der Waals surface area contributed by atoms with Crippen molar-refractivity contribution >= 4 is 5.82 Å². The molecule has 2 rings (SSSR count). The third kappa shape index (κ3) is 2.67. The highest BCUT2D eigenvalue weighted by molar-refractivity contribution is 5.55. The molecule has 0 spiro atoms. The van der Waals surface area contributed by atoms with E-state index in [4.69, 9.17) is 0 Å². The highest BCUT2D eigenvalue weighted by Gasteiger charge is 2.09. The molecule has 0 unspecified atom stereocenters. The summed E-state index contributed by atoms with van der Waals surface area (Å²) in [4.78, 5) is 13.2. The maximum absolute atomic E-state index is 4.47. The zero-order valence-electron chi connectivity index (χ0n) is 11.1. The van der Waals surface area contributed by atoms with Crippen LogP contribution >= 0.6 is 0 Å². The molecule has 0 radical (unpaired) electrons. The first-order chi connectivity index (χ1) is 8.74. The van der Waals surface area contributed by atoms with Gasteiger partial charge in [-0.15, -0.1) is 0 Å². The van der Waals surface area contributed by atoms with Gasteiger partial charge < -0.3 is 9.88 Å². The lowest BCUT2D eigenvalue weighted by Crippen LogP contribution is -2.05. The Bertz CT molecular complexity index is 518. The van der Waals surface area contributed by atoms with E-state index in [1.165, 1.54) is 0 Å². The first-order valence-electron chi connectivity index (χ1n) is 6.35. The summed E-state index contributed by atoms with van der Waals surface area (Å²) in [5.41, 5.74) is 0.872. The largest absolute Gasteiger partial charge is 0.370 e. The molecule has 0 atom stereocenters. The van der Waals surface area contributed by atoms with Gasteiger partial charge in [-0.05, 0) is 20.3 Å². The van der Waals surface area contributed by atoms with Crippen LogP contribution in [0.2, 0.25) is 0 Å². The lowest BCUT2D eigenvalue weighted by Gasteiger charge is -2.08. The molecular formula is C13H19N5. The second kappa shape index (κ2) is 5.62. The van der Waals surface area contributed by atoms with Crippen molar-refractivity contribution in [3.63, 3.8) is 0 Å². The summed E-state index contributed by atoms with van der Waals surface area (Å²) < 4.78 is 2.12. The van der Waals surface area contributed by atoms with Crippen molar-refractivity contribution in [2.45, 2.75) is 33.7 Å². The molecule has 0 aliphatic rings. The van der Waals surface area contributed by atoms with E-state index < -0.39 is 0 Å². The quantitative estimate of drug-likeness (QED) is 0.879. The van der Waals surface area contributed by atoms with Crippen LogP contribution in [0.25, 0.3) is 11.5 Å². The Kier molecular flexibility index (Phi) is 3.92. The maximum Gasteiger partial charge on any atom is 0.158 e. The van der Waals surface area contributed by atoms with Crippen LogP contribution in [0.1, 0.15) is 26.1 Å². The van der Waals surface area contributed by atoms with Crippen LogP contribution in [0.3, 0.4) is 0 Å². The Morgan fingerprint density at radius 1 is 1.28 bits per heavy atom. The number of anilines is 1. The molecule has 5 heteroatoms. The van der Waals surface area contributed by atoms with Crippen molar-refractivity contribution in [2.75, 3.05) is 11.9 Å². The minimum absolute atomic E-state index is 0.759. The van der Waals surface area contributed by atoms with Gasteiger partial charge in [0.1, 0.15) is 17.3 Å². The van der Waals surface area contributed by atoms with Crippen LogP contribution in [-0.4, -0.2) is 26.1 Å². The van der Waals surface area contributed by atoms with Crippen molar-refractivity contribution < 1.29 is 0 Å². The SMILES string of the molecule is CCCn1ccnc1-c1cc(NCC)nc(C)n1. The molecule has 2 heterocycles. The van der Waals surface area contributed by atoms with Gasteiger partial charge in [0.05, 0.1) is 0 Å². The van der Waals surface area contributed by atoms with Crippen molar-refractivity contribution in [2.24, 2.45) is 0 Å². The van der Waals surface area contributed by atoms with Gasteiger partial charge in [-0.25, -0.2) is 15.0 Å². The average molecular weight is 245 g/mol. The monoisotopic (exact) mass is 245 g/mol. The smallest absolute Gasteiger partial charge is 0.158 e. The standard InChI is InChI=1S/C13H19N5/c1-4-7-18-8-6-15-13(18)11-9-12(14-5-2)17-10(3)16-11/h6,8-9H,4-5,7H2,1-3H3,(H,14,16,17). The van der Waals surface area contributed by atoms with Crippen molar-refractivity contribution in [3.05, 3.63) is 24.3 Å². The summed E-state index contributed by atoms with van der Waals surface area (Å²) in [6.45, 7) is 7.90. The Hall–Kier alpha value is -1.91. The molecular weight excluding hydrogens is 226 g/mol. The molecule has 0 amide bonds. The predicted octanol–water partition coefficient (Wildman–Crippen LogP) is 2.49. The molecule has 5 nitrogen and oxygen atoms in total. The maximum atomic E-state index is 4.47. The van der Waals surface area contributed by atoms with Crippen molar-refractivity contribution in [3.8, 4) is 11.5 Å². The van der Waals surface area contributed by atoms with E-state index in [0.717, 1.165) is 42.7 Å². The molecule has 0 aromatic carbocycles. The second-order valence-electron chi connectivity index (χ2n) is 4.16. The van der Waals surface area contributed by atoms with Crippen LogP contribution < -0.4 is 5.32 Å². The van der Waals surface area contributed by atoms with Gasteiger partial charge in [0.2, 0.25) is 0 Å². The lowest BCUT2D eigenvalue weighted by molar-refractivity contribution is 0.683. The molecule has 0 aliphatic heterocycles. The number of nitrogens with zero attached hydrogens (tertiary/aromatic N) is 4. The number of rotatable bonds is 5. The van der Waals surface area contributed by atoms with E-state index in [1.54, 1.807) is 0 Å². The molecule has 0 aliphatic carbocycles. The highest BCUT2D eigenvalue weighted by Crippen LogP contribution is 2.18. The molecule has 18 heavy (non-hydrogen) atoms. The molecule has 96 valence electrons. The predicted molar refractivity (Wildman–Crippen MR) is 72.4 cm³/mol. The van der Waals surface area contributed by atoms with E-state index in [9.17, 15) is 0 Å². The third-order valence-corrected chi connectivity index (χ3v) is 2.60. The van der Waals surface area contributed by atoms with Gasteiger partial charge in [0, 0.05) is 31.5 Å². The number of hydrogen-bond donors (Lipinski definition) is 1. The first-order valence-corrected chi connectivity index (χ1v) is 6.35. The summed E-state index contributed by atoms with van der Waals surface area (Å²) in [6.07, 6.45) is 4.88. The summed E-state index contributed by atoms with van der Waals surface area (Å²) in [5.74, 6) is 2.52. The Balaban J connectivity index is 2.39. The van der Waals surface area contributed by atoms with Crippen LogP contribution in [-0.2, 0) is 6.54 Å². The van der Waals surface area contributed by atoms with Gasteiger partial charge in [-0.1, -0.05) is 6.92 Å². The Morgan fingerprint density at radius 2 is 2.11 bits per heavy atom. The Morgan fingerprint density at radius 3 is 2.83 bits per heavy atom. The number of aromatic nitrogens is 4. The van der Waals surface area contributed by atoms with E-state index >= 15 is 0 Å². The van der Waals surface area contributed by atoms with Gasteiger partial charge in [-0.3, -0.25) is 0 Å². The number of aryl methyl sites for hydroxylation is 2. The molecule has 0 fully saturated rings. The van der Waals surface area contributed by atoms with E-state index in [-0.39, 0.29) is 0 Å². The van der Waals surface area contributed by atoms with Crippen LogP contribution in [0.4, 0.5) is 5.82 Å². The first kappa shape index (κ1) is 12.5. The molecule has 1 N–H and O–H groups in total. The minimum atomic E-state index is 0.759. The van der Waals surface area contributed by atoms with E-state index in [2.05, 4.69) is 38.7 Å².